The molecule has 1 saturated heterocycles. The second-order valence-corrected chi connectivity index (χ2v) is 7.06. The van der Waals surface area contributed by atoms with Crippen LogP contribution < -0.4 is 11.1 Å². The van der Waals surface area contributed by atoms with Crippen molar-refractivity contribution < 1.29 is 4.79 Å². The molecule has 1 aliphatic rings. The smallest absolute Gasteiger partial charge is 0.251 e. The van der Waals surface area contributed by atoms with Crippen LogP contribution in [0.2, 0.25) is 0 Å². The summed E-state index contributed by atoms with van der Waals surface area (Å²) in [5, 5.41) is 3.05. The van der Waals surface area contributed by atoms with Crippen LogP contribution in [0, 0.1) is 0 Å². The molecule has 2 aromatic rings. The van der Waals surface area contributed by atoms with Gasteiger partial charge in [0.1, 0.15) is 0 Å². The number of carbonyl (C=O) groups excluding carboxylic acids is 1. The fourth-order valence-corrected chi connectivity index (χ4v) is 3.46. The highest BCUT2D eigenvalue weighted by atomic mass is 35.5. The van der Waals surface area contributed by atoms with E-state index in [2.05, 4.69) is 40.2 Å². The Morgan fingerprint density at radius 3 is 2.18 bits per heavy atom. The Bertz CT molecular complexity index is 742. The Morgan fingerprint density at radius 2 is 1.57 bits per heavy atom. The van der Waals surface area contributed by atoms with Gasteiger partial charge in [-0.3, -0.25) is 9.69 Å². The number of likely N-dealkylation sites (N-methyl/N-ethyl adjacent to an activating group) is 1. The van der Waals surface area contributed by atoms with Crippen molar-refractivity contribution in [2.24, 2.45) is 5.73 Å². The minimum Gasteiger partial charge on any atom is -0.348 e. The van der Waals surface area contributed by atoms with Gasteiger partial charge < -0.3 is 16.0 Å². The van der Waals surface area contributed by atoms with Crippen molar-refractivity contribution in [2.45, 2.75) is 26.6 Å². The summed E-state index contributed by atoms with van der Waals surface area (Å²) >= 11 is 0. The van der Waals surface area contributed by atoms with Crippen LogP contribution >= 0.6 is 12.4 Å². The standard InChI is InChI=1S/C22H30N4O.ClH/c1-2-25-11-13-26(14-12-25)17-21-6-4-3-5-20(21)16-24-22(27)19-9-7-18(15-23)8-10-19;/h3-10H,2,11-17,23H2,1H3,(H,24,27);1H. The third kappa shape index (κ3) is 6.04. The van der Waals surface area contributed by atoms with E-state index in [0.29, 0.717) is 18.7 Å². The highest BCUT2D eigenvalue weighted by molar-refractivity contribution is 5.94. The van der Waals surface area contributed by atoms with Crippen LogP contribution in [0.3, 0.4) is 0 Å². The third-order valence-electron chi connectivity index (χ3n) is 5.32. The van der Waals surface area contributed by atoms with Crippen molar-refractivity contribution >= 4 is 18.3 Å². The normalized spacial score (nSPS) is 15.1. The molecule has 0 unspecified atom stereocenters. The highest BCUT2D eigenvalue weighted by Gasteiger charge is 2.16. The van der Waals surface area contributed by atoms with E-state index in [1.54, 1.807) is 0 Å². The number of rotatable bonds is 7. The molecule has 6 heteroatoms. The van der Waals surface area contributed by atoms with E-state index < -0.39 is 0 Å². The zero-order chi connectivity index (χ0) is 19.1. The number of nitrogens with one attached hydrogen (secondary N) is 1. The quantitative estimate of drug-likeness (QED) is 0.747. The lowest BCUT2D eigenvalue weighted by molar-refractivity contribution is 0.0950. The Hall–Kier alpha value is -1.92. The zero-order valence-corrected chi connectivity index (χ0v) is 17.4. The molecule has 0 atom stereocenters. The van der Waals surface area contributed by atoms with Gasteiger partial charge in [-0.2, -0.15) is 0 Å². The minimum absolute atomic E-state index is 0. The SMILES string of the molecule is CCN1CCN(Cc2ccccc2CNC(=O)c2ccc(CN)cc2)CC1.Cl. The lowest BCUT2D eigenvalue weighted by Crippen LogP contribution is -2.45. The van der Waals surface area contributed by atoms with Gasteiger partial charge in [0.25, 0.3) is 5.91 Å². The molecule has 0 saturated carbocycles. The summed E-state index contributed by atoms with van der Waals surface area (Å²) in [6.45, 7) is 9.78. The van der Waals surface area contributed by atoms with Crippen LogP contribution in [0.4, 0.5) is 0 Å². The Morgan fingerprint density at radius 1 is 0.964 bits per heavy atom. The first-order chi connectivity index (χ1) is 13.2. The summed E-state index contributed by atoms with van der Waals surface area (Å²) in [7, 11) is 0. The average Bonchev–Trinajstić information content (AvgIpc) is 2.73. The van der Waals surface area contributed by atoms with Crippen molar-refractivity contribution in [1.82, 2.24) is 15.1 Å². The van der Waals surface area contributed by atoms with Gasteiger partial charge >= 0.3 is 0 Å². The molecule has 1 aliphatic heterocycles. The number of hydrogen-bond donors (Lipinski definition) is 2. The molecule has 0 aromatic heterocycles. The molecule has 3 N–H and O–H groups in total. The molecule has 0 radical (unpaired) electrons. The Balaban J connectivity index is 0.00000280. The van der Waals surface area contributed by atoms with Gasteiger partial charge in [0.2, 0.25) is 0 Å². The predicted octanol–water partition coefficient (Wildman–Crippen LogP) is 2.63. The zero-order valence-electron chi connectivity index (χ0n) is 16.6. The van der Waals surface area contributed by atoms with Gasteiger partial charge in [0, 0.05) is 51.4 Å². The fraction of sp³-hybridized carbons (Fsp3) is 0.409. The lowest BCUT2D eigenvalue weighted by atomic mass is 10.1. The van der Waals surface area contributed by atoms with Gasteiger partial charge in [-0.05, 0) is 35.4 Å². The first kappa shape index (κ1) is 22.4. The summed E-state index contributed by atoms with van der Waals surface area (Å²) in [5.74, 6) is -0.0510. The van der Waals surface area contributed by atoms with E-state index in [-0.39, 0.29) is 18.3 Å². The van der Waals surface area contributed by atoms with Crippen molar-refractivity contribution in [2.75, 3.05) is 32.7 Å². The van der Waals surface area contributed by atoms with Crippen LogP contribution in [-0.4, -0.2) is 48.4 Å². The third-order valence-corrected chi connectivity index (χ3v) is 5.32. The number of benzene rings is 2. The monoisotopic (exact) mass is 402 g/mol. The first-order valence-electron chi connectivity index (χ1n) is 9.78. The maximum Gasteiger partial charge on any atom is 0.251 e. The van der Waals surface area contributed by atoms with Crippen molar-refractivity contribution in [3.63, 3.8) is 0 Å². The minimum atomic E-state index is -0.0510. The molecule has 2 aromatic carbocycles. The molecule has 152 valence electrons. The maximum absolute atomic E-state index is 12.4. The largest absolute Gasteiger partial charge is 0.348 e. The predicted molar refractivity (Wildman–Crippen MR) is 117 cm³/mol. The highest BCUT2D eigenvalue weighted by Crippen LogP contribution is 2.14. The second-order valence-electron chi connectivity index (χ2n) is 7.06. The summed E-state index contributed by atoms with van der Waals surface area (Å²) in [6, 6.07) is 15.9. The molecule has 28 heavy (non-hydrogen) atoms. The molecule has 5 nitrogen and oxygen atoms in total. The number of nitrogens with two attached hydrogens (primary N) is 1. The van der Waals surface area contributed by atoms with Crippen LogP contribution in [0.5, 0.6) is 0 Å². The number of hydrogen-bond acceptors (Lipinski definition) is 4. The van der Waals surface area contributed by atoms with Crippen LogP contribution in [0.1, 0.15) is 34.0 Å². The van der Waals surface area contributed by atoms with E-state index in [1.807, 2.05) is 30.3 Å². The number of piperazine rings is 1. The van der Waals surface area contributed by atoms with Gasteiger partial charge in [0.15, 0.2) is 0 Å². The van der Waals surface area contributed by atoms with Gasteiger partial charge in [0.05, 0.1) is 0 Å². The van der Waals surface area contributed by atoms with E-state index in [1.165, 1.54) is 11.1 Å². The molecule has 3 rings (SSSR count). The second kappa shape index (κ2) is 11.2. The number of nitrogens with zero attached hydrogens (tertiary/aromatic N) is 2. The molecule has 0 spiro atoms. The van der Waals surface area contributed by atoms with E-state index in [0.717, 1.165) is 44.8 Å². The Kier molecular flexibility index (Phi) is 8.93. The van der Waals surface area contributed by atoms with Crippen LogP contribution in [0.25, 0.3) is 0 Å². The molecular formula is C22H31ClN4O. The lowest BCUT2D eigenvalue weighted by Gasteiger charge is -2.34. The molecule has 1 amide bonds. The molecule has 0 bridgehead atoms. The molecule has 1 fully saturated rings. The van der Waals surface area contributed by atoms with Crippen molar-refractivity contribution in [3.05, 3.63) is 70.8 Å². The van der Waals surface area contributed by atoms with Crippen LogP contribution in [-0.2, 0) is 19.6 Å². The first-order valence-corrected chi connectivity index (χ1v) is 9.78. The summed E-state index contributed by atoms with van der Waals surface area (Å²) < 4.78 is 0. The fourth-order valence-electron chi connectivity index (χ4n) is 3.46. The molecular weight excluding hydrogens is 372 g/mol. The van der Waals surface area contributed by atoms with Crippen LogP contribution in [0.15, 0.2) is 48.5 Å². The molecule has 0 aliphatic carbocycles. The topological polar surface area (TPSA) is 61.6 Å². The maximum atomic E-state index is 12.4. The van der Waals surface area contributed by atoms with Crippen molar-refractivity contribution in [3.8, 4) is 0 Å². The van der Waals surface area contributed by atoms with E-state index >= 15 is 0 Å². The summed E-state index contributed by atoms with van der Waals surface area (Å²) in [6.07, 6.45) is 0. The summed E-state index contributed by atoms with van der Waals surface area (Å²) in [4.78, 5) is 17.4. The number of carbonyl (C=O) groups is 1. The van der Waals surface area contributed by atoms with E-state index in [4.69, 9.17) is 5.73 Å². The number of halogens is 1. The number of amides is 1. The van der Waals surface area contributed by atoms with Crippen molar-refractivity contribution in [1.29, 1.82) is 0 Å². The van der Waals surface area contributed by atoms with Gasteiger partial charge in [-0.15, -0.1) is 12.4 Å². The summed E-state index contributed by atoms with van der Waals surface area (Å²) in [5.41, 5.74) is 9.78. The van der Waals surface area contributed by atoms with Gasteiger partial charge in [-0.25, -0.2) is 0 Å². The average molecular weight is 403 g/mol. The Labute approximate surface area is 174 Å². The van der Waals surface area contributed by atoms with Gasteiger partial charge in [-0.1, -0.05) is 43.3 Å². The molecule has 1 heterocycles. The van der Waals surface area contributed by atoms with E-state index in [9.17, 15) is 4.79 Å².